The maximum atomic E-state index is 12.1. The van der Waals surface area contributed by atoms with E-state index in [9.17, 15) is 4.79 Å². The van der Waals surface area contributed by atoms with Gasteiger partial charge in [-0.15, -0.1) is 0 Å². The molecule has 7 heteroatoms. The molecular weight excluding hydrogens is 518 g/mol. The van der Waals surface area contributed by atoms with Crippen molar-refractivity contribution in [1.82, 2.24) is 20.2 Å². The van der Waals surface area contributed by atoms with Gasteiger partial charge in [0.05, 0.1) is 17.4 Å². The van der Waals surface area contributed by atoms with E-state index >= 15 is 0 Å². The molecule has 2 aromatic heterocycles. The number of carbonyl (C=O) groups excluding carboxylic acids is 1. The summed E-state index contributed by atoms with van der Waals surface area (Å²) in [6.45, 7) is 5.07. The maximum absolute atomic E-state index is 12.1. The third-order valence-corrected chi connectivity index (χ3v) is 7.88. The van der Waals surface area contributed by atoms with Gasteiger partial charge in [-0.2, -0.15) is 0 Å². The van der Waals surface area contributed by atoms with Crippen LogP contribution in [0.3, 0.4) is 0 Å². The summed E-state index contributed by atoms with van der Waals surface area (Å²) < 4.78 is 0. The van der Waals surface area contributed by atoms with Gasteiger partial charge < -0.3 is 10.2 Å². The third-order valence-electron chi connectivity index (χ3n) is 7.63. The van der Waals surface area contributed by atoms with E-state index in [1.165, 1.54) is 22.4 Å². The summed E-state index contributed by atoms with van der Waals surface area (Å²) in [6.07, 6.45) is 7.87. The molecule has 5 rings (SSSR count). The van der Waals surface area contributed by atoms with Gasteiger partial charge in [-0.25, -0.2) is 0 Å². The van der Waals surface area contributed by atoms with E-state index in [0.29, 0.717) is 11.6 Å². The summed E-state index contributed by atoms with van der Waals surface area (Å²) in [5.74, 6) is 0. The summed E-state index contributed by atoms with van der Waals surface area (Å²) in [5.41, 5.74) is 6.85. The number of hydrogen-bond acceptors (Lipinski definition) is 5. The van der Waals surface area contributed by atoms with E-state index in [1.54, 1.807) is 4.90 Å². The molecule has 0 fully saturated rings. The molecule has 2 aromatic carbocycles. The summed E-state index contributed by atoms with van der Waals surface area (Å²) in [6, 6.07) is 26.8. The molecule has 2 unspecified atom stereocenters. The highest BCUT2D eigenvalue weighted by atomic mass is 35.5. The van der Waals surface area contributed by atoms with Crippen LogP contribution in [0.5, 0.6) is 0 Å². The largest absolute Gasteiger partial charge is 0.313 e. The van der Waals surface area contributed by atoms with Gasteiger partial charge in [-0.05, 0) is 85.3 Å². The van der Waals surface area contributed by atoms with Crippen molar-refractivity contribution in [3.05, 3.63) is 124 Å². The summed E-state index contributed by atoms with van der Waals surface area (Å²) in [5, 5.41) is 4.14. The first-order valence-electron chi connectivity index (χ1n) is 14.0. The Morgan fingerprint density at radius 1 is 0.950 bits per heavy atom. The average molecular weight is 554 g/mol. The average Bonchev–Trinajstić information content (AvgIpc) is 3.00. The Hall–Kier alpha value is -3.58. The zero-order valence-electron chi connectivity index (χ0n) is 22.9. The molecule has 4 aromatic rings. The smallest absolute Gasteiger partial charge is 0.214 e. The second kappa shape index (κ2) is 13.7. The predicted octanol–water partition coefficient (Wildman–Crippen LogP) is 6.35. The number of amides is 1. The molecular formula is C33H36ClN5O. The fourth-order valence-corrected chi connectivity index (χ4v) is 5.65. The molecule has 0 saturated carbocycles. The normalized spacial score (nSPS) is 15.4. The first-order valence-corrected chi connectivity index (χ1v) is 14.3. The zero-order chi connectivity index (χ0) is 27.7. The third kappa shape index (κ3) is 7.13. The van der Waals surface area contributed by atoms with Crippen LogP contribution in [-0.2, 0) is 30.8 Å². The molecule has 2 heterocycles. The SMILES string of the molecule is CC(CN(C=O)c1ccc(Cl)cc1)N(Cc1ccc(CNCc2ccccn2)cc1)C1CCCc2cccnc21. The Balaban J connectivity index is 1.32. The van der Waals surface area contributed by atoms with Crippen LogP contribution < -0.4 is 10.2 Å². The minimum absolute atomic E-state index is 0.0959. The standard InChI is InChI=1S/C33H36ClN5O/c1-25(22-38(24-40)31-16-14-29(34)15-17-31)39(32-9-4-6-28-7-5-19-37-33(28)32)23-27-12-10-26(11-13-27)20-35-21-30-8-2-3-18-36-30/h2-3,5,7-8,10-19,24-25,32,35H,4,6,9,20-23H2,1H3. The van der Waals surface area contributed by atoms with Crippen molar-refractivity contribution in [2.45, 2.75) is 57.9 Å². The monoisotopic (exact) mass is 553 g/mol. The molecule has 206 valence electrons. The molecule has 1 aliphatic rings. The second-order valence-electron chi connectivity index (χ2n) is 10.5. The highest BCUT2D eigenvalue weighted by Crippen LogP contribution is 2.35. The van der Waals surface area contributed by atoms with Gasteiger partial charge in [0.2, 0.25) is 6.41 Å². The van der Waals surface area contributed by atoms with Gasteiger partial charge >= 0.3 is 0 Å². The van der Waals surface area contributed by atoms with Crippen molar-refractivity contribution in [1.29, 1.82) is 0 Å². The topological polar surface area (TPSA) is 61.4 Å². The second-order valence-corrected chi connectivity index (χ2v) is 10.9. The lowest BCUT2D eigenvalue weighted by Gasteiger charge is -2.40. The van der Waals surface area contributed by atoms with E-state index in [1.807, 2.05) is 60.9 Å². The fraction of sp³-hybridized carbons (Fsp3) is 0.303. The maximum Gasteiger partial charge on any atom is 0.214 e. The lowest BCUT2D eigenvalue weighted by atomic mass is 9.89. The van der Waals surface area contributed by atoms with Gasteiger partial charge in [-0.1, -0.05) is 48.0 Å². The number of halogens is 1. The van der Waals surface area contributed by atoms with E-state index in [0.717, 1.165) is 56.7 Å². The molecule has 0 spiro atoms. The molecule has 1 N–H and O–H groups in total. The number of aromatic nitrogens is 2. The number of fused-ring (bicyclic) bond motifs is 1. The van der Waals surface area contributed by atoms with Crippen LogP contribution in [0.15, 0.2) is 91.3 Å². The molecule has 1 aliphatic carbocycles. The number of aryl methyl sites for hydroxylation is 1. The Labute approximate surface area is 242 Å². The minimum Gasteiger partial charge on any atom is -0.313 e. The van der Waals surface area contributed by atoms with Crippen LogP contribution in [0.4, 0.5) is 5.69 Å². The summed E-state index contributed by atoms with van der Waals surface area (Å²) >= 11 is 6.09. The van der Waals surface area contributed by atoms with Crippen LogP contribution in [0.2, 0.25) is 5.02 Å². The predicted molar refractivity (Wildman–Crippen MR) is 161 cm³/mol. The Bertz CT molecular complexity index is 1360. The van der Waals surface area contributed by atoms with Gasteiger partial charge in [0, 0.05) is 55.3 Å². The number of nitrogens with one attached hydrogen (secondary N) is 1. The van der Waals surface area contributed by atoms with Crippen LogP contribution in [-0.4, -0.2) is 33.9 Å². The molecule has 1 amide bonds. The molecule has 2 atom stereocenters. The number of rotatable bonds is 12. The van der Waals surface area contributed by atoms with E-state index in [-0.39, 0.29) is 12.1 Å². The van der Waals surface area contributed by atoms with Crippen LogP contribution in [0, 0.1) is 0 Å². The van der Waals surface area contributed by atoms with Gasteiger partial charge in [0.15, 0.2) is 0 Å². The summed E-state index contributed by atoms with van der Waals surface area (Å²) in [7, 11) is 0. The number of benzene rings is 2. The van der Waals surface area contributed by atoms with E-state index < -0.39 is 0 Å². The Morgan fingerprint density at radius 3 is 2.48 bits per heavy atom. The molecule has 0 radical (unpaired) electrons. The van der Waals surface area contributed by atoms with Gasteiger partial charge in [0.1, 0.15) is 0 Å². The lowest BCUT2D eigenvalue weighted by Crippen LogP contribution is -2.44. The van der Waals surface area contributed by atoms with Crippen LogP contribution in [0.25, 0.3) is 0 Å². The molecule has 0 saturated heterocycles. The number of hydrogen-bond donors (Lipinski definition) is 1. The Kier molecular flexibility index (Phi) is 9.55. The van der Waals surface area contributed by atoms with Crippen molar-refractivity contribution in [2.75, 3.05) is 11.4 Å². The minimum atomic E-state index is 0.0959. The first-order chi connectivity index (χ1) is 19.6. The van der Waals surface area contributed by atoms with Crippen molar-refractivity contribution in [3.8, 4) is 0 Å². The first kappa shape index (κ1) is 28.0. The van der Waals surface area contributed by atoms with E-state index in [4.69, 9.17) is 16.6 Å². The van der Waals surface area contributed by atoms with Gasteiger partial charge in [-0.3, -0.25) is 19.7 Å². The number of pyridine rings is 2. The van der Waals surface area contributed by atoms with Crippen molar-refractivity contribution in [2.24, 2.45) is 0 Å². The van der Waals surface area contributed by atoms with Crippen LogP contribution >= 0.6 is 11.6 Å². The molecule has 40 heavy (non-hydrogen) atoms. The van der Waals surface area contributed by atoms with Crippen molar-refractivity contribution in [3.63, 3.8) is 0 Å². The highest BCUT2D eigenvalue weighted by Gasteiger charge is 2.31. The van der Waals surface area contributed by atoms with E-state index in [2.05, 4.69) is 52.5 Å². The fourth-order valence-electron chi connectivity index (χ4n) is 5.52. The number of nitrogens with zero attached hydrogens (tertiary/aromatic N) is 4. The molecule has 6 nitrogen and oxygen atoms in total. The summed E-state index contributed by atoms with van der Waals surface area (Å²) in [4.78, 5) is 25.6. The van der Waals surface area contributed by atoms with Gasteiger partial charge in [0.25, 0.3) is 0 Å². The lowest BCUT2D eigenvalue weighted by molar-refractivity contribution is -0.107. The zero-order valence-corrected chi connectivity index (χ0v) is 23.7. The number of anilines is 1. The highest BCUT2D eigenvalue weighted by molar-refractivity contribution is 6.30. The molecule has 0 bridgehead atoms. The Morgan fingerprint density at radius 2 is 1.73 bits per heavy atom. The van der Waals surface area contributed by atoms with Crippen molar-refractivity contribution >= 4 is 23.7 Å². The molecule has 0 aliphatic heterocycles. The van der Waals surface area contributed by atoms with Crippen molar-refractivity contribution < 1.29 is 4.79 Å². The number of carbonyl (C=O) groups is 1. The van der Waals surface area contributed by atoms with Crippen LogP contribution in [0.1, 0.15) is 53.9 Å². The quantitative estimate of drug-likeness (QED) is 0.207.